The Morgan fingerprint density at radius 3 is 2.52 bits per heavy atom. The SMILES string of the molecule is O=C(N1CCN(Cc2ccccn2)CC1)C1(O)CCCC1. The van der Waals surface area contributed by atoms with Gasteiger partial charge in [0.25, 0.3) is 5.91 Å². The van der Waals surface area contributed by atoms with Gasteiger partial charge in [0.2, 0.25) is 0 Å². The minimum atomic E-state index is -1.08. The van der Waals surface area contributed by atoms with Gasteiger partial charge in [-0.05, 0) is 37.8 Å². The number of carbonyl (C=O) groups is 1. The highest BCUT2D eigenvalue weighted by Crippen LogP contribution is 2.31. The quantitative estimate of drug-likeness (QED) is 0.903. The molecule has 2 fully saturated rings. The summed E-state index contributed by atoms with van der Waals surface area (Å²) in [6.45, 7) is 3.92. The van der Waals surface area contributed by atoms with Crippen LogP contribution in [-0.2, 0) is 11.3 Å². The van der Waals surface area contributed by atoms with Crippen LogP contribution in [0.3, 0.4) is 0 Å². The summed E-state index contributed by atoms with van der Waals surface area (Å²) >= 11 is 0. The van der Waals surface area contributed by atoms with Crippen molar-refractivity contribution < 1.29 is 9.90 Å². The fraction of sp³-hybridized carbons (Fsp3) is 0.625. The molecule has 0 spiro atoms. The van der Waals surface area contributed by atoms with Gasteiger partial charge in [-0.3, -0.25) is 14.7 Å². The van der Waals surface area contributed by atoms with E-state index in [4.69, 9.17) is 0 Å². The predicted octanol–water partition coefficient (Wildman–Crippen LogP) is 1.03. The van der Waals surface area contributed by atoms with Crippen LogP contribution in [0.5, 0.6) is 0 Å². The van der Waals surface area contributed by atoms with E-state index < -0.39 is 5.60 Å². The van der Waals surface area contributed by atoms with Gasteiger partial charge in [0.05, 0.1) is 5.69 Å². The largest absolute Gasteiger partial charge is 0.380 e. The number of aliphatic hydroxyl groups is 1. The Hall–Kier alpha value is -1.46. The average molecular weight is 289 g/mol. The lowest BCUT2D eigenvalue weighted by molar-refractivity contribution is -0.152. The highest BCUT2D eigenvalue weighted by molar-refractivity contribution is 5.85. The van der Waals surface area contributed by atoms with Gasteiger partial charge in [0.1, 0.15) is 5.60 Å². The summed E-state index contributed by atoms with van der Waals surface area (Å²) in [5, 5.41) is 10.4. The first-order chi connectivity index (χ1) is 10.2. The smallest absolute Gasteiger partial charge is 0.254 e. The average Bonchev–Trinajstić information content (AvgIpc) is 2.96. The van der Waals surface area contributed by atoms with Crippen molar-refractivity contribution in [3.05, 3.63) is 30.1 Å². The molecule has 0 atom stereocenters. The molecule has 3 rings (SSSR count). The van der Waals surface area contributed by atoms with E-state index in [1.54, 1.807) is 0 Å². The number of carbonyl (C=O) groups excluding carboxylic acids is 1. The molecule has 0 aromatic carbocycles. The maximum atomic E-state index is 12.4. The van der Waals surface area contributed by atoms with E-state index in [2.05, 4.69) is 9.88 Å². The fourth-order valence-corrected chi connectivity index (χ4v) is 3.30. The van der Waals surface area contributed by atoms with Crippen LogP contribution < -0.4 is 0 Å². The molecule has 2 aliphatic rings. The van der Waals surface area contributed by atoms with E-state index in [-0.39, 0.29) is 5.91 Å². The van der Waals surface area contributed by atoms with Crippen molar-refractivity contribution >= 4 is 5.91 Å². The van der Waals surface area contributed by atoms with Crippen molar-refractivity contribution in [3.8, 4) is 0 Å². The molecule has 0 unspecified atom stereocenters. The van der Waals surface area contributed by atoms with Crippen LogP contribution in [0.4, 0.5) is 0 Å². The topological polar surface area (TPSA) is 56.7 Å². The van der Waals surface area contributed by atoms with Gasteiger partial charge in [-0.15, -0.1) is 0 Å². The van der Waals surface area contributed by atoms with Crippen molar-refractivity contribution in [1.82, 2.24) is 14.8 Å². The third kappa shape index (κ3) is 3.24. The van der Waals surface area contributed by atoms with Gasteiger partial charge in [-0.2, -0.15) is 0 Å². The van der Waals surface area contributed by atoms with Crippen molar-refractivity contribution in [2.75, 3.05) is 26.2 Å². The second-order valence-electron chi connectivity index (χ2n) is 6.13. The summed E-state index contributed by atoms with van der Waals surface area (Å²) in [6.07, 6.45) is 4.98. The summed E-state index contributed by atoms with van der Waals surface area (Å²) in [6, 6.07) is 5.94. The predicted molar refractivity (Wildman–Crippen MR) is 79.5 cm³/mol. The molecule has 5 nitrogen and oxygen atoms in total. The Labute approximate surface area is 125 Å². The number of aromatic nitrogens is 1. The molecule has 1 aromatic rings. The molecule has 0 bridgehead atoms. The summed E-state index contributed by atoms with van der Waals surface area (Å²) in [4.78, 5) is 20.9. The maximum Gasteiger partial charge on any atom is 0.254 e. The zero-order chi connectivity index (χ0) is 14.7. The van der Waals surface area contributed by atoms with Crippen LogP contribution in [-0.4, -0.2) is 57.6 Å². The van der Waals surface area contributed by atoms with E-state index in [0.717, 1.165) is 38.2 Å². The van der Waals surface area contributed by atoms with Crippen molar-refractivity contribution in [1.29, 1.82) is 0 Å². The van der Waals surface area contributed by atoms with Gasteiger partial charge in [-0.25, -0.2) is 0 Å². The monoisotopic (exact) mass is 289 g/mol. The van der Waals surface area contributed by atoms with Crippen LogP contribution in [0.25, 0.3) is 0 Å². The van der Waals surface area contributed by atoms with Gasteiger partial charge >= 0.3 is 0 Å². The normalized spacial score (nSPS) is 22.4. The van der Waals surface area contributed by atoms with E-state index in [1.165, 1.54) is 0 Å². The summed E-state index contributed by atoms with van der Waals surface area (Å²) in [5.74, 6) is -0.0579. The number of nitrogens with zero attached hydrogens (tertiary/aromatic N) is 3. The number of hydrogen-bond acceptors (Lipinski definition) is 4. The zero-order valence-electron chi connectivity index (χ0n) is 12.4. The summed E-state index contributed by atoms with van der Waals surface area (Å²) in [7, 11) is 0. The van der Waals surface area contributed by atoms with Crippen molar-refractivity contribution in [3.63, 3.8) is 0 Å². The molecular weight excluding hydrogens is 266 g/mol. The second-order valence-corrected chi connectivity index (χ2v) is 6.13. The van der Waals surface area contributed by atoms with E-state index in [9.17, 15) is 9.90 Å². The summed E-state index contributed by atoms with van der Waals surface area (Å²) < 4.78 is 0. The first-order valence-corrected chi connectivity index (χ1v) is 7.81. The first kappa shape index (κ1) is 14.5. The van der Waals surface area contributed by atoms with Crippen LogP contribution in [0.2, 0.25) is 0 Å². The molecule has 1 aliphatic carbocycles. The lowest BCUT2D eigenvalue weighted by Gasteiger charge is -2.37. The minimum Gasteiger partial charge on any atom is -0.380 e. The van der Waals surface area contributed by atoms with E-state index in [0.29, 0.717) is 25.9 Å². The third-order valence-corrected chi connectivity index (χ3v) is 4.60. The molecule has 1 N–H and O–H groups in total. The number of rotatable bonds is 3. The van der Waals surface area contributed by atoms with Gasteiger partial charge < -0.3 is 10.0 Å². The van der Waals surface area contributed by atoms with Crippen LogP contribution in [0.1, 0.15) is 31.4 Å². The minimum absolute atomic E-state index is 0.0579. The van der Waals surface area contributed by atoms with Crippen molar-refractivity contribution in [2.24, 2.45) is 0 Å². The standard InChI is InChI=1S/C16H23N3O2/c20-15(16(21)6-2-3-7-16)19-11-9-18(10-12-19)13-14-5-1-4-8-17-14/h1,4-5,8,21H,2-3,6-7,9-13H2. The number of hydrogen-bond donors (Lipinski definition) is 1. The zero-order valence-corrected chi connectivity index (χ0v) is 12.4. The molecule has 21 heavy (non-hydrogen) atoms. The van der Waals surface area contributed by atoms with Gasteiger partial charge in [-0.1, -0.05) is 6.07 Å². The molecule has 1 saturated heterocycles. The lowest BCUT2D eigenvalue weighted by Crippen LogP contribution is -2.54. The highest BCUT2D eigenvalue weighted by atomic mass is 16.3. The Balaban J connectivity index is 1.52. The van der Waals surface area contributed by atoms with Crippen LogP contribution in [0, 0.1) is 0 Å². The number of piperazine rings is 1. The molecule has 1 saturated carbocycles. The summed E-state index contributed by atoms with van der Waals surface area (Å²) in [5.41, 5.74) is -0.0184. The maximum absolute atomic E-state index is 12.4. The molecule has 114 valence electrons. The Bertz CT molecular complexity index is 478. The third-order valence-electron chi connectivity index (χ3n) is 4.60. The molecule has 5 heteroatoms. The first-order valence-electron chi connectivity index (χ1n) is 7.81. The Morgan fingerprint density at radius 1 is 1.19 bits per heavy atom. The fourth-order valence-electron chi connectivity index (χ4n) is 3.30. The van der Waals surface area contributed by atoms with Crippen LogP contribution >= 0.6 is 0 Å². The highest BCUT2D eigenvalue weighted by Gasteiger charge is 2.42. The second kappa shape index (κ2) is 6.12. The molecule has 1 aliphatic heterocycles. The number of pyridine rings is 1. The van der Waals surface area contributed by atoms with E-state index in [1.807, 2.05) is 29.3 Å². The number of amides is 1. The lowest BCUT2D eigenvalue weighted by atomic mass is 10.00. The van der Waals surface area contributed by atoms with Gasteiger partial charge in [0.15, 0.2) is 0 Å². The van der Waals surface area contributed by atoms with E-state index >= 15 is 0 Å². The van der Waals surface area contributed by atoms with Gasteiger partial charge in [0, 0.05) is 38.9 Å². The molecular formula is C16H23N3O2. The molecule has 1 amide bonds. The molecule has 2 heterocycles. The Morgan fingerprint density at radius 2 is 1.90 bits per heavy atom. The van der Waals surface area contributed by atoms with Crippen LogP contribution in [0.15, 0.2) is 24.4 Å². The van der Waals surface area contributed by atoms with Crippen molar-refractivity contribution in [2.45, 2.75) is 37.8 Å². The molecule has 0 radical (unpaired) electrons. The molecule has 1 aromatic heterocycles. The Kier molecular flexibility index (Phi) is 4.22.